The van der Waals surface area contributed by atoms with E-state index in [2.05, 4.69) is 38.4 Å². The summed E-state index contributed by atoms with van der Waals surface area (Å²) in [7, 11) is -1.51. The van der Waals surface area contributed by atoms with Gasteiger partial charge >= 0.3 is 0 Å². The van der Waals surface area contributed by atoms with E-state index in [4.69, 9.17) is 4.43 Å². The Morgan fingerprint density at radius 3 is 2.33 bits per heavy atom. The molecule has 0 N–H and O–H groups in total. The molecule has 1 aromatic carbocycles. The van der Waals surface area contributed by atoms with Gasteiger partial charge in [-0.25, -0.2) is 0 Å². The average Bonchev–Trinajstić information content (AvgIpc) is 2.14. The van der Waals surface area contributed by atoms with Crippen molar-refractivity contribution in [1.82, 2.24) is 0 Å². The fourth-order valence-corrected chi connectivity index (χ4v) is 2.04. The average molecular weight is 218 g/mol. The van der Waals surface area contributed by atoms with Crippen LogP contribution in [0.2, 0.25) is 19.6 Å². The van der Waals surface area contributed by atoms with Crippen LogP contribution in [0, 0.1) is 0 Å². The molecular formula is C13H18OSi. The molecule has 1 aromatic rings. The monoisotopic (exact) mass is 218 g/mol. The molecular weight excluding hydrogens is 200 g/mol. The number of hydrogen-bond acceptors (Lipinski definition) is 1. The predicted molar refractivity (Wildman–Crippen MR) is 69.0 cm³/mol. The molecule has 0 spiro atoms. The summed E-state index contributed by atoms with van der Waals surface area (Å²) in [5.74, 6) is 0.748. The van der Waals surface area contributed by atoms with Crippen LogP contribution < -0.4 is 0 Å². The third-order valence-corrected chi connectivity index (χ3v) is 2.57. The Morgan fingerprint density at radius 2 is 1.80 bits per heavy atom. The van der Waals surface area contributed by atoms with Crippen LogP contribution in [0.4, 0.5) is 0 Å². The molecule has 0 aromatic heterocycles. The van der Waals surface area contributed by atoms with Crippen molar-refractivity contribution in [2.24, 2.45) is 0 Å². The normalized spacial score (nSPS) is 11.7. The first kappa shape index (κ1) is 11.8. The van der Waals surface area contributed by atoms with E-state index in [0.29, 0.717) is 0 Å². The molecule has 0 aliphatic rings. The minimum atomic E-state index is -1.51. The van der Waals surface area contributed by atoms with Crippen molar-refractivity contribution < 1.29 is 4.43 Å². The first-order chi connectivity index (χ1) is 6.97. The predicted octanol–water partition coefficient (Wildman–Crippen LogP) is 4.07. The molecule has 0 aliphatic heterocycles. The molecule has 0 heterocycles. The lowest BCUT2D eigenvalue weighted by molar-refractivity contribution is 0.445. The zero-order valence-electron chi connectivity index (χ0n) is 9.66. The van der Waals surface area contributed by atoms with Crippen LogP contribution in [0.25, 0.3) is 6.08 Å². The summed E-state index contributed by atoms with van der Waals surface area (Å²) in [6, 6.07) is 10.1. The Bertz CT molecular complexity index is 347. The lowest BCUT2D eigenvalue weighted by atomic mass is 10.2. The molecule has 80 valence electrons. The zero-order valence-corrected chi connectivity index (χ0v) is 10.7. The second kappa shape index (κ2) is 4.98. The van der Waals surface area contributed by atoms with Crippen LogP contribution in [0.5, 0.6) is 0 Å². The lowest BCUT2D eigenvalue weighted by Crippen LogP contribution is -2.23. The van der Waals surface area contributed by atoms with Gasteiger partial charge in [-0.3, -0.25) is 0 Å². The van der Waals surface area contributed by atoms with Crippen molar-refractivity contribution in [3.05, 3.63) is 54.3 Å². The van der Waals surface area contributed by atoms with Gasteiger partial charge in [0.2, 0.25) is 8.32 Å². The smallest absolute Gasteiger partial charge is 0.242 e. The molecule has 0 unspecified atom stereocenters. The van der Waals surface area contributed by atoms with E-state index in [1.807, 2.05) is 30.4 Å². The third-order valence-electron chi connectivity index (χ3n) is 1.70. The molecule has 0 aliphatic carbocycles. The maximum absolute atomic E-state index is 5.72. The second-order valence-corrected chi connectivity index (χ2v) is 8.85. The van der Waals surface area contributed by atoms with Gasteiger partial charge in [0.05, 0.1) is 5.76 Å². The van der Waals surface area contributed by atoms with Gasteiger partial charge in [0.25, 0.3) is 0 Å². The van der Waals surface area contributed by atoms with E-state index in [1.54, 1.807) is 0 Å². The molecule has 2 heteroatoms. The van der Waals surface area contributed by atoms with Crippen LogP contribution in [0.1, 0.15) is 5.56 Å². The minimum Gasteiger partial charge on any atom is -0.545 e. The summed E-state index contributed by atoms with van der Waals surface area (Å²) in [6.45, 7) is 10.3. The summed E-state index contributed by atoms with van der Waals surface area (Å²) in [4.78, 5) is 0. The zero-order chi connectivity index (χ0) is 11.3. The van der Waals surface area contributed by atoms with E-state index in [9.17, 15) is 0 Å². The van der Waals surface area contributed by atoms with Gasteiger partial charge in [-0.2, -0.15) is 0 Å². The van der Waals surface area contributed by atoms with E-state index < -0.39 is 8.32 Å². The summed E-state index contributed by atoms with van der Waals surface area (Å²) in [5, 5.41) is 0. The lowest BCUT2D eigenvalue weighted by Gasteiger charge is -2.18. The van der Waals surface area contributed by atoms with Gasteiger partial charge in [0, 0.05) is 0 Å². The Kier molecular flexibility index (Phi) is 3.92. The van der Waals surface area contributed by atoms with Crippen LogP contribution in [0.3, 0.4) is 0 Å². The van der Waals surface area contributed by atoms with E-state index >= 15 is 0 Å². The third kappa shape index (κ3) is 5.23. The van der Waals surface area contributed by atoms with Crippen LogP contribution in [0.15, 0.2) is 48.7 Å². The molecule has 0 saturated carbocycles. The number of hydrogen-bond donors (Lipinski definition) is 0. The highest BCUT2D eigenvalue weighted by Gasteiger charge is 2.15. The number of rotatable bonds is 4. The highest BCUT2D eigenvalue weighted by molar-refractivity contribution is 6.70. The molecule has 0 radical (unpaired) electrons. The second-order valence-electron chi connectivity index (χ2n) is 4.42. The highest BCUT2D eigenvalue weighted by atomic mass is 28.4. The standard InChI is InChI=1S/C13H18OSi/c1-12(14-15(2,3)4)10-11-13-8-6-5-7-9-13/h5-11H,1H2,2-4H3/b11-10+. The summed E-state index contributed by atoms with van der Waals surface area (Å²) < 4.78 is 5.72. The van der Waals surface area contributed by atoms with Gasteiger partial charge in [0.1, 0.15) is 0 Å². The van der Waals surface area contributed by atoms with Crippen molar-refractivity contribution in [1.29, 1.82) is 0 Å². The highest BCUT2D eigenvalue weighted by Crippen LogP contribution is 2.11. The molecule has 1 nitrogen and oxygen atoms in total. The van der Waals surface area contributed by atoms with Crippen molar-refractivity contribution >= 4 is 14.4 Å². The SMILES string of the molecule is C=C(/C=C/c1ccccc1)O[Si](C)(C)C. The van der Waals surface area contributed by atoms with Crippen molar-refractivity contribution in [2.75, 3.05) is 0 Å². The quantitative estimate of drug-likeness (QED) is 0.420. The van der Waals surface area contributed by atoms with Gasteiger partial charge in [-0.1, -0.05) is 43.0 Å². The fraction of sp³-hybridized carbons (Fsp3) is 0.231. The van der Waals surface area contributed by atoms with Crippen LogP contribution in [-0.2, 0) is 4.43 Å². The van der Waals surface area contributed by atoms with Crippen molar-refractivity contribution in [3.63, 3.8) is 0 Å². The van der Waals surface area contributed by atoms with Gasteiger partial charge in [-0.05, 0) is 31.3 Å². The summed E-state index contributed by atoms with van der Waals surface area (Å²) in [5.41, 5.74) is 1.16. The van der Waals surface area contributed by atoms with E-state index in [1.165, 1.54) is 0 Å². The van der Waals surface area contributed by atoms with E-state index in [0.717, 1.165) is 11.3 Å². The van der Waals surface area contributed by atoms with Crippen LogP contribution >= 0.6 is 0 Å². The molecule has 0 fully saturated rings. The molecule has 15 heavy (non-hydrogen) atoms. The topological polar surface area (TPSA) is 9.23 Å². The van der Waals surface area contributed by atoms with E-state index in [-0.39, 0.29) is 0 Å². The maximum atomic E-state index is 5.72. The summed E-state index contributed by atoms with van der Waals surface area (Å²) >= 11 is 0. The van der Waals surface area contributed by atoms with Crippen molar-refractivity contribution in [3.8, 4) is 0 Å². The maximum Gasteiger partial charge on any atom is 0.242 e. The minimum absolute atomic E-state index is 0.748. The Balaban J connectivity index is 2.56. The number of allylic oxidation sites excluding steroid dienone is 1. The largest absolute Gasteiger partial charge is 0.545 e. The van der Waals surface area contributed by atoms with Gasteiger partial charge < -0.3 is 4.43 Å². The fourth-order valence-electron chi connectivity index (χ4n) is 1.18. The van der Waals surface area contributed by atoms with Crippen LogP contribution in [-0.4, -0.2) is 8.32 Å². The Labute approximate surface area is 93.2 Å². The molecule has 0 atom stereocenters. The molecule has 0 amide bonds. The summed E-state index contributed by atoms with van der Waals surface area (Å²) in [6.07, 6.45) is 3.94. The number of benzene rings is 1. The molecule has 0 saturated heterocycles. The first-order valence-corrected chi connectivity index (χ1v) is 8.49. The Morgan fingerprint density at radius 1 is 1.20 bits per heavy atom. The first-order valence-electron chi connectivity index (χ1n) is 5.08. The van der Waals surface area contributed by atoms with Crippen molar-refractivity contribution in [2.45, 2.75) is 19.6 Å². The molecule has 1 rings (SSSR count). The van der Waals surface area contributed by atoms with Gasteiger partial charge in [-0.15, -0.1) is 0 Å². The Hall–Kier alpha value is -1.28. The van der Waals surface area contributed by atoms with Gasteiger partial charge in [0.15, 0.2) is 0 Å². The molecule has 0 bridgehead atoms.